The van der Waals surface area contributed by atoms with Gasteiger partial charge in [0.05, 0.1) is 17.2 Å². The molecule has 1 aromatic carbocycles. The molecule has 2 N–H and O–H groups in total. The third-order valence-corrected chi connectivity index (χ3v) is 2.82. The number of alkyl halides is 3. The molecule has 0 amide bonds. The molecule has 0 saturated heterocycles. The summed E-state index contributed by atoms with van der Waals surface area (Å²) in [5.74, 6) is -0.628. The molecule has 1 rings (SSSR count). The van der Waals surface area contributed by atoms with Gasteiger partial charge in [-0.25, -0.2) is 0 Å². The summed E-state index contributed by atoms with van der Waals surface area (Å²) in [6.45, 7) is 2.47. The van der Waals surface area contributed by atoms with Gasteiger partial charge in [0.25, 0.3) is 0 Å². The summed E-state index contributed by atoms with van der Waals surface area (Å²) in [6, 6.07) is 1.62. The maximum absolute atomic E-state index is 12.8. The second-order valence-electron chi connectivity index (χ2n) is 4.39. The Kier molecular flexibility index (Phi) is 3.64. The molecule has 0 saturated carbocycles. The Hall–Kier alpha value is -0.940. The molecule has 0 fully saturated rings. The van der Waals surface area contributed by atoms with Crippen LogP contribution in [0.4, 0.5) is 13.2 Å². The van der Waals surface area contributed by atoms with E-state index in [4.69, 9.17) is 16.7 Å². The minimum absolute atomic E-state index is 0.143. The van der Waals surface area contributed by atoms with Crippen LogP contribution in [-0.2, 0) is 11.6 Å². The lowest BCUT2D eigenvalue weighted by Gasteiger charge is -2.26. The normalized spacial score (nSPS) is 12.9. The highest BCUT2D eigenvalue weighted by molar-refractivity contribution is 6.32. The third-order valence-electron chi connectivity index (χ3n) is 2.52. The van der Waals surface area contributed by atoms with Crippen molar-refractivity contribution in [3.05, 3.63) is 28.3 Å². The van der Waals surface area contributed by atoms with E-state index in [-0.39, 0.29) is 10.6 Å². The van der Waals surface area contributed by atoms with Gasteiger partial charge in [0.1, 0.15) is 5.75 Å². The van der Waals surface area contributed by atoms with Gasteiger partial charge in [-0.05, 0) is 17.7 Å². The van der Waals surface area contributed by atoms with E-state index in [0.29, 0.717) is 6.07 Å². The molecule has 0 aliphatic heterocycles. The van der Waals surface area contributed by atoms with Crippen LogP contribution in [0.1, 0.15) is 25.0 Å². The Balaban J connectivity index is 3.53. The molecule has 0 spiro atoms. The predicted octanol–water partition coefficient (Wildman–Crippen LogP) is 3.33. The summed E-state index contributed by atoms with van der Waals surface area (Å²) in [4.78, 5) is 0. The Morgan fingerprint density at radius 3 is 2.12 bits per heavy atom. The lowest BCUT2D eigenvalue weighted by atomic mass is 9.82. The van der Waals surface area contributed by atoms with Crippen molar-refractivity contribution in [1.29, 1.82) is 0 Å². The van der Waals surface area contributed by atoms with Crippen molar-refractivity contribution in [1.82, 2.24) is 0 Å². The molecule has 1 aromatic rings. The van der Waals surface area contributed by atoms with Crippen LogP contribution in [0.5, 0.6) is 5.75 Å². The largest absolute Gasteiger partial charge is 0.506 e. The topological polar surface area (TPSA) is 40.5 Å². The van der Waals surface area contributed by atoms with Crippen molar-refractivity contribution < 1.29 is 23.4 Å². The SMILES string of the molecule is CC(C)(CO)c1cc(Cl)c(O)cc1C(F)(F)F. The molecular formula is C11H12ClF3O2. The molecule has 0 aliphatic rings. The Bertz CT molecular complexity index is 427. The van der Waals surface area contributed by atoms with Crippen LogP contribution < -0.4 is 0 Å². The van der Waals surface area contributed by atoms with Gasteiger partial charge in [0, 0.05) is 5.41 Å². The highest BCUT2D eigenvalue weighted by Crippen LogP contribution is 2.41. The number of phenolic OH excluding ortho intramolecular Hbond substituents is 1. The van der Waals surface area contributed by atoms with Gasteiger partial charge in [-0.3, -0.25) is 0 Å². The molecule has 0 atom stereocenters. The highest BCUT2D eigenvalue weighted by atomic mass is 35.5. The van der Waals surface area contributed by atoms with Gasteiger partial charge < -0.3 is 10.2 Å². The average molecular weight is 269 g/mol. The fraction of sp³-hybridized carbons (Fsp3) is 0.455. The highest BCUT2D eigenvalue weighted by Gasteiger charge is 2.38. The van der Waals surface area contributed by atoms with Gasteiger partial charge in [-0.2, -0.15) is 13.2 Å². The van der Waals surface area contributed by atoms with Crippen molar-refractivity contribution in [3.63, 3.8) is 0 Å². The van der Waals surface area contributed by atoms with Crippen LogP contribution in [0.2, 0.25) is 5.02 Å². The molecule has 0 radical (unpaired) electrons. The lowest BCUT2D eigenvalue weighted by molar-refractivity contribution is -0.139. The maximum Gasteiger partial charge on any atom is 0.416 e. The fourth-order valence-electron chi connectivity index (χ4n) is 1.44. The van der Waals surface area contributed by atoms with Crippen LogP contribution in [0.25, 0.3) is 0 Å². The number of halogens is 4. The van der Waals surface area contributed by atoms with Crippen LogP contribution in [0, 0.1) is 0 Å². The standard InChI is InChI=1S/C11H12ClF3O2/c1-10(2,5-16)6-3-8(12)9(17)4-7(6)11(13,14)15/h3-4,16-17H,5H2,1-2H3. The van der Waals surface area contributed by atoms with E-state index in [2.05, 4.69) is 0 Å². The third kappa shape index (κ3) is 2.84. The van der Waals surface area contributed by atoms with E-state index in [0.717, 1.165) is 6.07 Å². The maximum atomic E-state index is 12.8. The second kappa shape index (κ2) is 4.38. The Morgan fingerprint density at radius 2 is 1.71 bits per heavy atom. The van der Waals surface area contributed by atoms with Crippen LogP contribution in [0.3, 0.4) is 0 Å². The minimum Gasteiger partial charge on any atom is -0.506 e. The van der Waals surface area contributed by atoms with Crippen LogP contribution in [0.15, 0.2) is 12.1 Å². The fourth-order valence-corrected chi connectivity index (χ4v) is 1.61. The molecule has 2 nitrogen and oxygen atoms in total. The van der Waals surface area contributed by atoms with E-state index in [1.807, 2.05) is 0 Å². The van der Waals surface area contributed by atoms with Crippen LogP contribution in [-0.4, -0.2) is 16.8 Å². The summed E-state index contributed by atoms with van der Waals surface area (Å²) < 4.78 is 38.4. The van der Waals surface area contributed by atoms with Gasteiger partial charge in [-0.1, -0.05) is 25.4 Å². The Labute approximate surface area is 102 Å². The first-order chi connectivity index (χ1) is 7.59. The molecule has 0 bridgehead atoms. The number of benzene rings is 1. The smallest absolute Gasteiger partial charge is 0.416 e. The van der Waals surface area contributed by atoms with E-state index in [1.165, 1.54) is 13.8 Å². The first-order valence-corrected chi connectivity index (χ1v) is 5.18. The van der Waals surface area contributed by atoms with Crippen molar-refractivity contribution in [2.24, 2.45) is 0 Å². The van der Waals surface area contributed by atoms with Crippen molar-refractivity contribution >= 4 is 11.6 Å². The number of hydrogen-bond donors (Lipinski definition) is 2. The van der Waals surface area contributed by atoms with Crippen molar-refractivity contribution in [3.8, 4) is 5.75 Å². The molecule has 17 heavy (non-hydrogen) atoms. The number of aliphatic hydroxyl groups excluding tert-OH is 1. The zero-order chi connectivity index (χ0) is 13.4. The summed E-state index contributed by atoms with van der Waals surface area (Å²) in [5.41, 5.74) is -2.23. The molecular weight excluding hydrogens is 257 g/mol. The molecule has 96 valence electrons. The second-order valence-corrected chi connectivity index (χ2v) is 4.80. The molecule has 0 aliphatic carbocycles. The van der Waals surface area contributed by atoms with Crippen molar-refractivity contribution in [2.75, 3.05) is 6.61 Å². The van der Waals surface area contributed by atoms with E-state index < -0.39 is 29.5 Å². The lowest BCUT2D eigenvalue weighted by Crippen LogP contribution is -2.26. The molecule has 0 unspecified atom stereocenters. The summed E-state index contributed by atoms with van der Waals surface area (Å²) in [6.07, 6.45) is -4.61. The molecule has 6 heteroatoms. The molecule has 0 heterocycles. The van der Waals surface area contributed by atoms with E-state index in [9.17, 15) is 18.3 Å². The quantitative estimate of drug-likeness (QED) is 0.864. The van der Waals surface area contributed by atoms with Crippen molar-refractivity contribution in [2.45, 2.75) is 25.4 Å². The molecule has 0 aromatic heterocycles. The van der Waals surface area contributed by atoms with Gasteiger partial charge >= 0.3 is 6.18 Å². The number of rotatable bonds is 2. The summed E-state index contributed by atoms with van der Waals surface area (Å²) in [5, 5.41) is 18.2. The zero-order valence-electron chi connectivity index (χ0n) is 9.27. The summed E-state index contributed by atoms with van der Waals surface area (Å²) in [7, 11) is 0. The van der Waals surface area contributed by atoms with Gasteiger partial charge in [0.15, 0.2) is 0 Å². The number of aliphatic hydroxyl groups is 1. The van der Waals surface area contributed by atoms with E-state index >= 15 is 0 Å². The van der Waals surface area contributed by atoms with Gasteiger partial charge in [-0.15, -0.1) is 0 Å². The van der Waals surface area contributed by atoms with E-state index in [1.54, 1.807) is 0 Å². The first kappa shape index (κ1) is 14.1. The zero-order valence-corrected chi connectivity index (χ0v) is 10.0. The summed E-state index contributed by atoms with van der Waals surface area (Å²) >= 11 is 5.60. The Morgan fingerprint density at radius 1 is 1.18 bits per heavy atom. The average Bonchev–Trinajstić information content (AvgIpc) is 2.19. The van der Waals surface area contributed by atoms with Gasteiger partial charge in [0.2, 0.25) is 0 Å². The van der Waals surface area contributed by atoms with Crippen LogP contribution >= 0.6 is 11.6 Å². The first-order valence-electron chi connectivity index (χ1n) is 4.80. The number of phenols is 1. The number of aromatic hydroxyl groups is 1. The minimum atomic E-state index is -4.61. The number of hydrogen-bond acceptors (Lipinski definition) is 2. The predicted molar refractivity (Wildman–Crippen MR) is 58.2 cm³/mol. The monoisotopic (exact) mass is 268 g/mol.